The largest absolute Gasteiger partial charge is 0.467 e. The number of nitriles is 1. The molecule has 1 aliphatic rings. The first-order valence-electron chi connectivity index (χ1n) is 9.50. The molecule has 1 saturated heterocycles. The first-order valence-corrected chi connectivity index (χ1v) is 10.7. The minimum Gasteiger partial charge on any atom is -0.467 e. The molecular formula is C21H22N4O3S2. The van der Waals surface area contributed by atoms with Crippen molar-refractivity contribution in [1.82, 2.24) is 9.47 Å². The summed E-state index contributed by atoms with van der Waals surface area (Å²) >= 11 is 6.61. The van der Waals surface area contributed by atoms with Crippen LogP contribution >= 0.6 is 24.0 Å². The second-order valence-corrected chi connectivity index (χ2v) is 8.41. The van der Waals surface area contributed by atoms with Gasteiger partial charge in [0.1, 0.15) is 27.5 Å². The number of thiocarbonyl (C=S) groups is 1. The van der Waals surface area contributed by atoms with E-state index >= 15 is 0 Å². The van der Waals surface area contributed by atoms with E-state index in [-0.39, 0.29) is 23.6 Å². The molecule has 30 heavy (non-hydrogen) atoms. The van der Waals surface area contributed by atoms with E-state index in [0.717, 1.165) is 0 Å². The van der Waals surface area contributed by atoms with Crippen LogP contribution in [0, 0.1) is 18.3 Å². The fraction of sp³-hybridized carbons (Fsp3) is 0.333. The van der Waals surface area contributed by atoms with E-state index in [1.807, 2.05) is 24.8 Å². The van der Waals surface area contributed by atoms with Crippen LogP contribution < -0.4 is 10.5 Å². The van der Waals surface area contributed by atoms with Gasteiger partial charge >= 0.3 is 0 Å². The molecule has 0 unspecified atom stereocenters. The van der Waals surface area contributed by atoms with Crippen LogP contribution in [0.2, 0.25) is 0 Å². The molecule has 1 aliphatic heterocycles. The fourth-order valence-corrected chi connectivity index (χ4v) is 4.68. The van der Waals surface area contributed by atoms with Crippen molar-refractivity contribution in [3.63, 3.8) is 0 Å². The molecule has 0 N–H and O–H groups in total. The van der Waals surface area contributed by atoms with Crippen molar-refractivity contribution in [2.24, 2.45) is 7.05 Å². The predicted molar refractivity (Wildman–Crippen MR) is 122 cm³/mol. The van der Waals surface area contributed by atoms with E-state index in [1.165, 1.54) is 21.2 Å². The monoisotopic (exact) mass is 442 g/mol. The van der Waals surface area contributed by atoms with E-state index in [2.05, 4.69) is 0 Å². The van der Waals surface area contributed by atoms with Gasteiger partial charge in [0, 0.05) is 25.7 Å². The van der Waals surface area contributed by atoms with Crippen LogP contribution in [-0.2, 0) is 18.4 Å². The molecule has 2 aromatic rings. The highest BCUT2D eigenvalue weighted by Gasteiger charge is 2.33. The molecule has 0 spiro atoms. The van der Waals surface area contributed by atoms with E-state index in [1.54, 1.807) is 38.4 Å². The number of aromatic nitrogens is 1. The van der Waals surface area contributed by atoms with E-state index in [0.29, 0.717) is 45.0 Å². The summed E-state index contributed by atoms with van der Waals surface area (Å²) in [7, 11) is 1.65. The van der Waals surface area contributed by atoms with Gasteiger partial charge in [-0.3, -0.25) is 19.1 Å². The van der Waals surface area contributed by atoms with Gasteiger partial charge < -0.3 is 9.32 Å². The zero-order chi connectivity index (χ0) is 22.0. The van der Waals surface area contributed by atoms with Crippen molar-refractivity contribution in [3.8, 4) is 6.07 Å². The number of nitrogens with zero attached hydrogens (tertiary/aromatic N) is 4. The van der Waals surface area contributed by atoms with Crippen molar-refractivity contribution in [2.45, 2.75) is 27.3 Å². The second kappa shape index (κ2) is 8.90. The lowest BCUT2D eigenvalue weighted by atomic mass is 10.0. The average molecular weight is 443 g/mol. The number of furan rings is 1. The molecule has 156 valence electrons. The van der Waals surface area contributed by atoms with Gasteiger partial charge in [0.25, 0.3) is 11.5 Å². The van der Waals surface area contributed by atoms with Gasteiger partial charge in [-0.2, -0.15) is 5.26 Å². The third-order valence-corrected chi connectivity index (χ3v) is 6.45. The number of thioether (sulfide) groups is 1. The summed E-state index contributed by atoms with van der Waals surface area (Å²) in [5.41, 5.74) is 0.958. The topological polar surface area (TPSA) is 82.5 Å². The number of pyridine rings is 1. The molecule has 7 nitrogen and oxygen atoms in total. The molecule has 1 fully saturated rings. The molecule has 1 amide bonds. The highest BCUT2D eigenvalue weighted by atomic mass is 32.2. The Morgan fingerprint density at radius 2 is 2.03 bits per heavy atom. The zero-order valence-electron chi connectivity index (χ0n) is 17.3. The van der Waals surface area contributed by atoms with Gasteiger partial charge in [-0.15, -0.1) is 0 Å². The molecule has 2 aromatic heterocycles. The summed E-state index contributed by atoms with van der Waals surface area (Å²) < 4.78 is 7.26. The van der Waals surface area contributed by atoms with E-state index in [9.17, 15) is 14.9 Å². The molecule has 0 aliphatic carbocycles. The SMILES string of the molecule is CCN(CC)c1c(/C=C2\SC(=S)N(Cc3ccco3)C2=O)c(C)c(C#N)c(=O)n1C. The Morgan fingerprint density at radius 1 is 1.33 bits per heavy atom. The van der Waals surface area contributed by atoms with Crippen LogP contribution in [0.5, 0.6) is 0 Å². The molecular weight excluding hydrogens is 420 g/mol. The number of hydrogen-bond donors (Lipinski definition) is 0. The minimum atomic E-state index is -0.348. The van der Waals surface area contributed by atoms with E-state index in [4.69, 9.17) is 16.6 Å². The molecule has 0 radical (unpaired) electrons. The standard InChI is InChI=1S/C21H22N4O3S2/c1-5-24(6-2)18-15(13(3)16(11-22)19(26)23(18)4)10-17-20(27)25(21(29)30-17)12-14-8-7-9-28-14/h7-10H,5-6,12H2,1-4H3/b17-10-. The molecule has 0 saturated carbocycles. The lowest BCUT2D eigenvalue weighted by Gasteiger charge is -2.27. The Labute approximate surface area is 184 Å². The van der Waals surface area contributed by atoms with Crippen LogP contribution in [0.25, 0.3) is 6.08 Å². The molecule has 9 heteroatoms. The average Bonchev–Trinajstić information content (AvgIpc) is 3.33. The quantitative estimate of drug-likeness (QED) is 0.501. The van der Waals surface area contributed by atoms with Gasteiger partial charge in [-0.1, -0.05) is 24.0 Å². The maximum absolute atomic E-state index is 13.0. The summed E-state index contributed by atoms with van der Waals surface area (Å²) in [6, 6.07) is 5.56. The molecule has 0 aromatic carbocycles. The number of anilines is 1. The smallest absolute Gasteiger partial charge is 0.270 e. The highest BCUT2D eigenvalue weighted by Crippen LogP contribution is 2.36. The first-order chi connectivity index (χ1) is 14.3. The molecule has 0 bridgehead atoms. The number of carbonyl (C=O) groups is 1. The Morgan fingerprint density at radius 3 is 2.60 bits per heavy atom. The molecule has 0 atom stereocenters. The van der Waals surface area contributed by atoms with E-state index < -0.39 is 0 Å². The van der Waals surface area contributed by atoms with Gasteiger partial charge in [0.2, 0.25) is 0 Å². The fourth-order valence-electron chi connectivity index (χ4n) is 3.44. The van der Waals surface area contributed by atoms with Crippen molar-refractivity contribution in [2.75, 3.05) is 18.0 Å². The Kier molecular flexibility index (Phi) is 6.48. The number of carbonyl (C=O) groups excluding carboxylic acids is 1. The number of rotatable bonds is 6. The summed E-state index contributed by atoms with van der Waals surface area (Å²) in [5.74, 6) is 1.10. The third kappa shape index (κ3) is 3.80. The van der Waals surface area contributed by atoms with Crippen LogP contribution in [-0.4, -0.2) is 32.8 Å². The summed E-state index contributed by atoms with van der Waals surface area (Å²) in [6.07, 6.45) is 3.29. The zero-order valence-corrected chi connectivity index (χ0v) is 18.9. The van der Waals surface area contributed by atoms with Gasteiger partial charge in [0.05, 0.1) is 17.7 Å². The van der Waals surface area contributed by atoms with Crippen LogP contribution in [0.4, 0.5) is 5.82 Å². The second-order valence-electron chi connectivity index (χ2n) is 6.73. The number of hydrogen-bond acceptors (Lipinski definition) is 7. The molecule has 3 heterocycles. The van der Waals surface area contributed by atoms with Crippen LogP contribution in [0.1, 0.15) is 36.3 Å². The molecule has 3 rings (SSSR count). The Hall–Kier alpha value is -2.83. The maximum Gasteiger partial charge on any atom is 0.270 e. The van der Waals surface area contributed by atoms with Crippen molar-refractivity contribution in [1.29, 1.82) is 5.26 Å². The number of amides is 1. The van der Waals surface area contributed by atoms with Crippen LogP contribution in [0.3, 0.4) is 0 Å². The van der Waals surface area contributed by atoms with Crippen molar-refractivity contribution in [3.05, 3.63) is 56.1 Å². The summed E-state index contributed by atoms with van der Waals surface area (Å²) in [6.45, 7) is 7.34. The first kappa shape index (κ1) is 21.9. The third-order valence-electron chi connectivity index (χ3n) is 5.07. The van der Waals surface area contributed by atoms with Gasteiger partial charge in [-0.25, -0.2) is 0 Å². The summed E-state index contributed by atoms with van der Waals surface area (Å²) in [5, 5.41) is 9.52. The lowest BCUT2D eigenvalue weighted by Crippen LogP contribution is -2.33. The van der Waals surface area contributed by atoms with Gasteiger partial charge in [0.15, 0.2) is 0 Å². The highest BCUT2D eigenvalue weighted by molar-refractivity contribution is 8.26. The van der Waals surface area contributed by atoms with Crippen LogP contribution in [0.15, 0.2) is 32.5 Å². The van der Waals surface area contributed by atoms with Crippen molar-refractivity contribution >= 4 is 46.1 Å². The Balaban J connectivity index is 2.13. The van der Waals surface area contributed by atoms with Crippen molar-refractivity contribution < 1.29 is 9.21 Å². The Bertz CT molecular complexity index is 1120. The predicted octanol–water partition coefficient (Wildman–Crippen LogP) is 3.41. The normalized spacial score (nSPS) is 15.2. The maximum atomic E-state index is 13.0. The van der Waals surface area contributed by atoms with Gasteiger partial charge in [-0.05, 0) is 44.5 Å². The minimum absolute atomic E-state index is 0.0747. The lowest BCUT2D eigenvalue weighted by molar-refractivity contribution is -0.122. The summed E-state index contributed by atoms with van der Waals surface area (Å²) in [4.78, 5) is 29.7.